The van der Waals surface area contributed by atoms with Crippen LogP contribution in [-0.4, -0.2) is 20.2 Å². The molecule has 0 unspecified atom stereocenters. The first-order valence-electron chi connectivity index (χ1n) is 16.4. The largest absolute Gasteiger partial charge is 0.507 e. The number of fused-ring (bicyclic) bond motifs is 4. The molecule has 1 heterocycles. The van der Waals surface area contributed by atoms with Crippen LogP contribution in [-0.2, 0) is 0 Å². The summed E-state index contributed by atoms with van der Waals surface area (Å²) in [5, 5.41) is 31.7. The molecule has 0 spiro atoms. The van der Waals surface area contributed by atoms with Gasteiger partial charge >= 0.3 is 0 Å². The lowest BCUT2D eigenvalue weighted by Gasteiger charge is -2.15. The van der Waals surface area contributed by atoms with Crippen molar-refractivity contribution in [2.45, 2.75) is 6.92 Å². The van der Waals surface area contributed by atoms with Gasteiger partial charge in [-0.3, -0.25) is 0 Å². The van der Waals surface area contributed by atoms with Gasteiger partial charge in [0.25, 0.3) is 0 Å². The lowest BCUT2D eigenvalue weighted by Crippen LogP contribution is -1.96. The van der Waals surface area contributed by atoms with Crippen molar-refractivity contribution in [1.82, 2.24) is 9.97 Å². The van der Waals surface area contributed by atoms with Crippen molar-refractivity contribution in [3.8, 4) is 56.3 Å². The highest BCUT2D eigenvalue weighted by Crippen LogP contribution is 2.43. The van der Waals surface area contributed by atoms with Crippen LogP contribution in [0.5, 0.6) is 11.5 Å². The number of benzene rings is 8. The molecular formula is C45H30N2O2. The highest BCUT2D eigenvalue weighted by molar-refractivity contribution is 6.14. The van der Waals surface area contributed by atoms with Crippen molar-refractivity contribution in [2.24, 2.45) is 0 Å². The quantitative estimate of drug-likeness (QED) is 0.190. The lowest BCUT2D eigenvalue weighted by atomic mass is 9.90. The summed E-state index contributed by atoms with van der Waals surface area (Å²) in [5.74, 6) is 0.781. The van der Waals surface area contributed by atoms with Gasteiger partial charge in [0.15, 0.2) is 0 Å². The maximum Gasteiger partial charge on any atom is 0.126 e. The number of hydrogen-bond acceptors (Lipinski definition) is 4. The van der Waals surface area contributed by atoms with E-state index in [9.17, 15) is 10.2 Å². The molecule has 1 aromatic heterocycles. The molecular weight excluding hydrogens is 601 g/mol. The van der Waals surface area contributed by atoms with Crippen LogP contribution in [0.2, 0.25) is 0 Å². The molecule has 2 N–H and O–H groups in total. The number of aromatic nitrogens is 2. The minimum absolute atomic E-state index is 0.123. The van der Waals surface area contributed by atoms with Crippen molar-refractivity contribution in [1.29, 1.82) is 0 Å². The van der Waals surface area contributed by atoms with Gasteiger partial charge in [0.2, 0.25) is 0 Å². The first-order chi connectivity index (χ1) is 24.0. The number of aryl methyl sites for hydroxylation is 1. The zero-order valence-corrected chi connectivity index (χ0v) is 26.7. The maximum atomic E-state index is 11.3. The van der Waals surface area contributed by atoms with Crippen LogP contribution in [0, 0.1) is 6.92 Å². The van der Waals surface area contributed by atoms with Gasteiger partial charge in [-0.1, -0.05) is 109 Å². The van der Waals surface area contributed by atoms with Gasteiger partial charge < -0.3 is 10.2 Å². The summed E-state index contributed by atoms with van der Waals surface area (Å²) < 4.78 is 0. The molecule has 0 saturated carbocycles. The minimum Gasteiger partial charge on any atom is -0.507 e. The Hall–Kier alpha value is -6.52. The number of hydrogen-bond donors (Lipinski definition) is 2. The van der Waals surface area contributed by atoms with Crippen molar-refractivity contribution in [3.63, 3.8) is 0 Å². The molecule has 8 aromatic carbocycles. The van der Waals surface area contributed by atoms with Crippen LogP contribution < -0.4 is 0 Å². The van der Waals surface area contributed by atoms with E-state index >= 15 is 0 Å². The molecule has 232 valence electrons. The predicted molar refractivity (Wildman–Crippen MR) is 202 cm³/mol. The number of aromatic hydroxyl groups is 2. The lowest BCUT2D eigenvalue weighted by molar-refractivity contribution is 0.477. The fourth-order valence-electron chi connectivity index (χ4n) is 7.29. The molecule has 0 aliphatic carbocycles. The van der Waals surface area contributed by atoms with E-state index < -0.39 is 0 Å². The summed E-state index contributed by atoms with van der Waals surface area (Å²) in [6, 6.07) is 51.3. The Labute approximate surface area is 283 Å². The van der Waals surface area contributed by atoms with Crippen LogP contribution in [0.25, 0.3) is 87.9 Å². The predicted octanol–water partition coefficient (Wildman–Crippen LogP) is 11.5. The van der Waals surface area contributed by atoms with Crippen LogP contribution >= 0.6 is 0 Å². The number of nitrogens with zero attached hydrogens (tertiary/aromatic N) is 2. The Bertz CT molecular complexity index is 2470. The number of phenols is 2. The first-order valence-corrected chi connectivity index (χ1v) is 16.4. The maximum absolute atomic E-state index is 11.3. The third-order valence-corrected chi connectivity index (χ3v) is 9.50. The molecule has 4 heteroatoms. The van der Waals surface area contributed by atoms with Crippen molar-refractivity contribution < 1.29 is 10.2 Å². The molecule has 9 rings (SSSR count). The molecule has 0 atom stereocenters. The van der Waals surface area contributed by atoms with Gasteiger partial charge in [0.05, 0.1) is 11.4 Å². The van der Waals surface area contributed by atoms with E-state index in [0.717, 1.165) is 65.3 Å². The Morgan fingerprint density at radius 3 is 1.10 bits per heavy atom. The third-order valence-electron chi connectivity index (χ3n) is 9.50. The molecule has 0 bridgehead atoms. The zero-order chi connectivity index (χ0) is 33.1. The van der Waals surface area contributed by atoms with Crippen LogP contribution in [0.1, 0.15) is 5.82 Å². The Morgan fingerprint density at radius 2 is 0.735 bits per heavy atom. The molecule has 4 nitrogen and oxygen atoms in total. The minimum atomic E-state index is 0.123. The number of rotatable bonds is 4. The van der Waals surface area contributed by atoms with Gasteiger partial charge in [0.1, 0.15) is 17.3 Å². The van der Waals surface area contributed by atoms with Gasteiger partial charge in [-0.25, -0.2) is 9.97 Å². The summed E-state index contributed by atoms with van der Waals surface area (Å²) >= 11 is 0. The summed E-state index contributed by atoms with van der Waals surface area (Å²) in [7, 11) is 0. The highest BCUT2D eigenvalue weighted by Gasteiger charge is 2.18. The second kappa shape index (κ2) is 11.3. The van der Waals surface area contributed by atoms with E-state index in [1.807, 2.05) is 37.3 Å². The van der Waals surface area contributed by atoms with E-state index in [2.05, 4.69) is 109 Å². The third kappa shape index (κ3) is 4.85. The smallest absolute Gasteiger partial charge is 0.126 e. The van der Waals surface area contributed by atoms with Gasteiger partial charge in [-0.2, -0.15) is 0 Å². The Kier molecular flexibility index (Phi) is 6.63. The highest BCUT2D eigenvalue weighted by atomic mass is 16.3. The molecule has 0 aliphatic rings. The first kappa shape index (κ1) is 28.7. The molecule has 0 radical (unpaired) electrons. The second-order valence-electron chi connectivity index (χ2n) is 12.5. The summed E-state index contributed by atoms with van der Waals surface area (Å²) in [6.07, 6.45) is 0. The molecule has 0 fully saturated rings. The van der Waals surface area contributed by atoms with Gasteiger partial charge in [0, 0.05) is 11.1 Å². The van der Waals surface area contributed by atoms with Crippen molar-refractivity contribution >= 4 is 43.1 Å². The van der Waals surface area contributed by atoms with Crippen LogP contribution in [0.15, 0.2) is 152 Å². The van der Waals surface area contributed by atoms with Crippen LogP contribution in [0.3, 0.4) is 0 Å². The SMILES string of the molecule is Cc1nc(-c2cc(-c3c4ccccc4cc4ccccc34)ccc2O)cc(-c2cc(-c3c4ccccc4cc4ccccc34)ccc2O)n1. The van der Waals surface area contributed by atoms with Gasteiger partial charge in [-0.15, -0.1) is 0 Å². The van der Waals surface area contributed by atoms with E-state index in [1.165, 1.54) is 0 Å². The molecule has 49 heavy (non-hydrogen) atoms. The summed E-state index contributed by atoms with van der Waals surface area (Å²) in [5.41, 5.74) is 6.51. The molecule has 0 amide bonds. The second-order valence-corrected chi connectivity index (χ2v) is 12.5. The normalized spacial score (nSPS) is 11.5. The van der Waals surface area contributed by atoms with E-state index in [-0.39, 0.29) is 11.5 Å². The fraction of sp³-hybridized carbons (Fsp3) is 0.0222. The number of phenolic OH excluding ortho intramolecular Hbond substituents is 2. The van der Waals surface area contributed by atoms with Gasteiger partial charge in [-0.05, 0) is 115 Å². The Balaban J connectivity index is 1.22. The van der Waals surface area contributed by atoms with E-state index in [0.29, 0.717) is 28.3 Å². The van der Waals surface area contributed by atoms with Crippen molar-refractivity contribution in [2.75, 3.05) is 0 Å². The van der Waals surface area contributed by atoms with Crippen LogP contribution in [0.4, 0.5) is 0 Å². The molecule has 0 saturated heterocycles. The Morgan fingerprint density at radius 1 is 0.388 bits per heavy atom. The molecule has 0 aliphatic heterocycles. The summed E-state index contributed by atoms with van der Waals surface area (Å²) in [4.78, 5) is 9.58. The van der Waals surface area contributed by atoms with Crippen molar-refractivity contribution in [3.05, 3.63) is 157 Å². The van der Waals surface area contributed by atoms with E-state index in [1.54, 1.807) is 12.1 Å². The monoisotopic (exact) mass is 630 g/mol. The standard InChI is InChI=1S/C45H30N2O2/c1-27-46-40(38-24-32(18-20-42(38)48)44-34-14-6-2-10-28(34)22-29-11-3-7-15-35(29)44)26-41(47-27)39-25-33(19-21-43(39)49)45-36-16-8-4-12-30(36)23-31-13-5-9-17-37(31)45/h2-26,48-49H,1H3. The molecule has 9 aromatic rings. The average Bonchev–Trinajstić information content (AvgIpc) is 3.13. The topological polar surface area (TPSA) is 66.2 Å². The van der Waals surface area contributed by atoms with E-state index in [4.69, 9.17) is 9.97 Å². The zero-order valence-electron chi connectivity index (χ0n) is 26.7. The fourth-order valence-corrected chi connectivity index (χ4v) is 7.29. The average molecular weight is 631 g/mol. The summed E-state index contributed by atoms with van der Waals surface area (Å²) in [6.45, 7) is 1.84.